The Morgan fingerprint density at radius 2 is 1.90 bits per heavy atom. The molecule has 1 aromatic carbocycles. The molecular weight excluding hydrogens is 260 g/mol. The number of carboxylic acids is 1. The van der Waals surface area contributed by atoms with E-state index < -0.39 is 17.8 Å². The Labute approximate surface area is 116 Å². The molecule has 0 saturated heterocycles. The second-order valence-corrected chi connectivity index (χ2v) is 4.97. The average molecular weight is 276 g/mol. The second kappa shape index (κ2) is 5.32. The average Bonchev–Trinajstić information content (AvgIpc) is 2.59. The lowest BCUT2D eigenvalue weighted by molar-refractivity contribution is -0.137. The minimum absolute atomic E-state index is 0.103. The van der Waals surface area contributed by atoms with Crippen LogP contribution in [0.3, 0.4) is 0 Å². The maximum Gasteiger partial charge on any atom is 0.305 e. The molecule has 0 fully saturated rings. The summed E-state index contributed by atoms with van der Waals surface area (Å²) in [7, 11) is 0. The highest BCUT2D eigenvalue weighted by Crippen LogP contribution is 2.26. The van der Waals surface area contributed by atoms with E-state index in [0.717, 1.165) is 10.6 Å². The summed E-state index contributed by atoms with van der Waals surface area (Å²) in [6, 6.07) is 5.19. The molecule has 1 aliphatic heterocycles. The molecule has 0 aliphatic carbocycles. The minimum atomic E-state index is -1.04. The molecule has 0 radical (unpaired) electrons. The van der Waals surface area contributed by atoms with Crippen LogP contribution in [0.2, 0.25) is 0 Å². The number of hydrogen-bond acceptors (Lipinski definition) is 4. The number of rotatable bonds is 5. The molecule has 2 amide bonds. The predicted octanol–water partition coefficient (Wildman–Crippen LogP) is 1.58. The number of nitrogens with one attached hydrogen (secondary N) is 1. The van der Waals surface area contributed by atoms with Gasteiger partial charge < -0.3 is 10.4 Å². The van der Waals surface area contributed by atoms with Crippen molar-refractivity contribution in [2.75, 3.05) is 11.9 Å². The highest BCUT2D eigenvalue weighted by Gasteiger charge is 2.35. The molecule has 1 heterocycles. The van der Waals surface area contributed by atoms with Crippen molar-refractivity contribution in [3.63, 3.8) is 0 Å². The molecule has 1 aromatic rings. The number of anilines is 1. The Hall–Kier alpha value is -2.37. The molecule has 0 aromatic heterocycles. The molecule has 106 valence electrons. The van der Waals surface area contributed by atoms with E-state index in [1.807, 2.05) is 13.8 Å². The van der Waals surface area contributed by atoms with Crippen LogP contribution in [-0.2, 0) is 4.79 Å². The number of carbonyl (C=O) groups excluding carboxylic acids is 2. The summed E-state index contributed by atoms with van der Waals surface area (Å²) in [5.74, 6) is -1.90. The number of hydrogen-bond donors (Lipinski definition) is 2. The van der Waals surface area contributed by atoms with E-state index >= 15 is 0 Å². The van der Waals surface area contributed by atoms with Crippen molar-refractivity contribution < 1.29 is 19.5 Å². The van der Waals surface area contributed by atoms with Crippen molar-refractivity contribution in [2.45, 2.75) is 26.3 Å². The van der Waals surface area contributed by atoms with Crippen molar-refractivity contribution in [1.82, 2.24) is 4.90 Å². The third-order valence-corrected chi connectivity index (χ3v) is 2.98. The van der Waals surface area contributed by atoms with Gasteiger partial charge in [-0.15, -0.1) is 0 Å². The third-order valence-electron chi connectivity index (χ3n) is 2.98. The normalized spacial score (nSPS) is 13.8. The largest absolute Gasteiger partial charge is 0.481 e. The number of aliphatic carboxylic acids is 1. The smallest absolute Gasteiger partial charge is 0.305 e. The molecule has 1 aliphatic rings. The Kier molecular flexibility index (Phi) is 3.74. The molecular formula is C14H16N2O4. The van der Waals surface area contributed by atoms with Gasteiger partial charge in [-0.1, -0.05) is 0 Å². The summed E-state index contributed by atoms with van der Waals surface area (Å²) < 4.78 is 0. The van der Waals surface area contributed by atoms with E-state index in [0.29, 0.717) is 11.1 Å². The van der Waals surface area contributed by atoms with Gasteiger partial charge in [-0.2, -0.15) is 0 Å². The monoisotopic (exact) mass is 276 g/mol. The summed E-state index contributed by atoms with van der Waals surface area (Å²) in [4.78, 5) is 35.7. The van der Waals surface area contributed by atoms with Crippen molar-refractivity contribution in [2.24, 2.45) is 0 Å². The van der Waals surface area contributed by atoms with Crippen LogP contribution in [0.15, 0.2) is 18.2 Å². The fourth-order valence-electron chi connectivity index (χ4n) is 2.12. The molecule has 0 spiro atoms. The van der Waals surface area contributed by atoms with Crippen LogP contribution in [0.4, 0.5) is 5.69 Å². The standard InChI is InChI=1S/C14H16N2O4/c1-8(2)15-9-3-4-10-11(7-9)14(20)16(13(10)19)6-5-12(17)18/h3-4,7-8,15H,5-6H2,1-2H3,(H,17,18). The van der Waals surface area contributed by atoms with Crippen molar-refractivity contribution in [3.05, 3.63) is 29.3 Å². The van der Waals surface area contributed by atoms with E-state index in [2.05, 4.69) is 5.32 Å². The number of nitrogens with zero attached hydrogens (tertiary/aromatic N) is 1. The van der Waals surface area contributed by atoms with Gasteiger partial charge in [0.15, 0.2) is 0 Å². The van der Waals surface area contributed by atoms with Crippen LogP contribution in [0, 0.1) is 0 Å². The molecule has 0 atom stereocenters. The summed E-state index contributed by atoms with van der Waals surface area (Å²) in [6.45, 7) is 3.84. The van der Waals surface area contributed by atoms with Gasteiger partial charge in [0.25, 0.3) is 11.8 Å². The number of benzene rings is 1. The topological polar surface area (TPSA) is 86.7 Å². The van der Waals surface area contributed by atoms with Crippen molar-refractivity contribution in [1.29, 1.82) is 0 Å². The zero-order chi connectivity index (χ0) is 14.9. The fourth-order valence-corrected chi connectivity index (χ4v) is 2.12. The van der Waals surface area contributed by atoms with E-state index in [-0.39, 0.29) is 19.0 Å². The molecule has 20 heavy (non-hydrogen) atoms. The molecule has 2 N–H and O–H groups in total. The molecule has 6 heteroatoms. The second-order valence-electron chi connectivity index (χ2n) is 4.97. The van der Waals surface area contributed by atoms with Crippen LogP contribution in [0.25, 0.3) is 0 Å². The van der Waals surface area contributed by atoms with Gasteiger partial charge in [0, 0.05) is 18.3 Å². The Morgan fingerprint density at radius 3 is 2.50 bits per heavy atom. The molecule has 2 rings (SSSR count). The highest BCUT2D eigenvalue weighted by atomic mass is 16.4. The first-order valence-corrected chi connectivity index (χ1v) is 6.38. The third kappa shape index (κ3) is 2.64. The number of fused-ring (bicyclic) bond motifs is 1. The van der Waals surface area contributed by atoms with Crippen molar-refractivity contribution >= 4 is 23.5 Å². The van der Waals surface area contributed by atoms with E-state index in [1.54, 1.807) is 18.2 Å². The SMILES string of the molecule is CC(C)Nc1ccc2c(c1)C(=O)N(CCC(=O)O)C2=O. The number of imide groups is 1. The van der Waals surface area contributed by atoms with E-state index in [1.165, 1.54) is 0 Å². The first-order chi connectivity index (χ1) is 9.40. The van der Waals surface area contributed by atoms with Crippen molar-refractivity contribution in [3.8, 4) is 0 Å². The van der Waals surface area contributed by atoms with Gasteiger partial charge in [0.05, 0.1) is 17.5 Å². The lowest BCUT2D eigenvalue weighted by atomic mass is 10.1. The van der Waals surface area contributed by atoms with Crippen LogP contribution in [0.5, 0.6) is 0 Å². The summed E-state index contributed by atoms with van der Waals surface area (Å²) in [5, 5.41) is 11.8. The van der Waals surface area contributed by atoms with Gasteiger partial charge in [0.2, 0.25) is 0 Å². The van der Waals surface area contributed by atoms with Gasteiger partial charge in [0.1, 0.15) is 0 Å². The Balaban J connectivity index is 2.24. The number of amides is 2. The first-order valence-electron chi connectivity index (χ1n) is 6.38. The van der Waals surface area contributed by atoms with Gasteiger partial charge in [-0.3, -0.25) is 19.3 Å². The predicted molar refractivity (Wildman–Crippen MR) is 72.8 cm³/mol. The number of carbonyl (C=O) groups is 3. The maximum atomic E-state index is 12.1. The van der Waals surface area contributed by atoms with Crippen LogP contribution in [-0.4, -0.2) is 40.4 Å². The zero-order valence-electron chi connectivity index (χ0n) is 11.3. The van der Waals surface area contributed by atoms with E-state index in [9.17, 15) is 14.4 Å². The lowest BCUT2D eigenvalue weighted by Crippen LogP contribution is -2.31. The van der Waals surface area contributed by atoms with E-state index in [4.69, 9.17) is 5.11 Å². The lowest BCUT2D eigenvalue weighted by Gasteiger charge is -2.11. The number of carboxylic acid groups (broad SMARTS) is 1. The minimum Gasteiger partial charge on any atom is -0.481 e. The fraction of sp³-hybridized carbons (Fsp3) is 0.357. The quantitative estimate of drug-likeness (QED) is 0.797. The maximum absolute atomic E-state index is 12.1. The molecule has 0 unspecified atom stereocenters. The van der Waals surface area contributed by atoms with Crippen LogP contribution in [0.1, 0.15) is 41.0 Å². The summed E-state index contributed by atoms with van der Waals surface area (Å²) in [6.07, 6.45) is -0.247. The van der Waals surface area contributed by atoms with Gasteiger partial charge in [-0.05, 0) is 32.0 Å². The summed E-state index contributed by atoms with van der Waals surface area (Å²) in [5.41, 5.74) is 1.42. The first kappa shape index (κ1) is 14.0. The molecule has 0 bridgehead atoms. The molecule has 0 saturated carbocycles. The Bertz CT molecular complexity index is 581. The Morgan fingerprint density at radius 1 is 1.25 bits per heavy atom. The highest BCUT2D eigenvalue weighted by molar-refractivity contribution is 6.21. The molecule has 6 nitrogen and oxygen atoms in total. The van der Waals surface area contributed by atoms with Gasteiger partial charge in [-0.25, -0.2) is 0 Å². The summed E-state index contributed by atoms with van der Waals surface area (Å²) >= 11 is 0. The van der Waals surface area contributed by atoms with Gasteiger partial charge >= 0.3 is 5.97 Å². The van der Waals surface area contributed by atoms with Crippen LogP contribution >= 0.6 is 0 Å². The van der Waals surface area contributed by atoms with Crippen LogP contribution < -0.4 is 5.32 Å². The zero-order valence-corrected chi connectivity index (χ0v) is 11.3.